The Morgan fingerprint density at radius 2 is 2.06 bits per heavy atom. The van der Waals surface area contributed by atoms with Crippen LogP contribution in [0.4, 0.5) is 0 Å². The van der Waals surface area contributed by atoms with Crippen LogP contribution < -0.4 is 5.32 Å². The molecule has 1 fully saturated rings. The number of nitriles is 1. The number of hydrogen-bond donors (Lipinski definition) is 1. The maximum absolute atomic E-state index is 11.9. The van der Waals surface area contributed by atoms with Crippen LogP contribution in [-0.2, 0) is 19.4 Å². The molecule has 1 N–H and O–H groups in total. The van der Waals surface area contributed by atoms with Gasteiger partial charge >= 0.3 is 0 Å². The van der Waals surface area contributed by atoms with Gasteiger partial charge in [-0.3, -0.25) is 4.79 Å². The fourth-order valence-corrected chi connectivity index (χ4v) is 2.44. The molecule has 0 aromatic rings. The van der Waals surface area contributed by atoms with Crippen LogP contribution in [0, 0.1) is 16.7 Å². The van der Waals surface area contributed by atoms with Gasteiger partial charge in [-0.15, -0.1) is 0 Å². The number of nitrogens with one attached hydrogen (secondary N) is 1. The molecular weight excluding hydrogens is 256 g/mol. The molecule has 102 valence electrons. The Labute approximate surface area is 107 Å². The highest BCUT2D eigenvalue weighted by atomic mass is 32.2. The molecule has 7 heteroatoms. The van der Waals surface area contributed by atoms with Gasteiger partial charge in [0.2, 0.25) is 5.91 Å². The van der Waals surface area contributed by atoms with Crippen LogP contribution in [0.25, 0.3) is 0 Å². The maximum Gasteiger partial charge on any atom is 0.240 e. The molecule has 0 aromatic carbocycles. The van der Waals surface area contributed by atoms with Gasteiger partial charge in [-0.1, -0.05) is 6.92 Å². The van der Waals surface area contributed by atoms with Gasteiger partial charge in [-0.25, -0.2) is 8.42 Å². The summed E-state index contributed by atoms with van der Waals surface area (Å²) < 4.78 is 27.7. The number of rotatable bonds is 5. The van der Waals surface area contributed by atoms with Crippen molar-refractivity contribution in [3.05, 3.63) is 0 Å². The Kier molecular flexibility index (Phi) is 5.11. The molecule has 1 aliphatic rings. The van der Waals surface area contributed by atoms with E-state index < -0.39 is 15.3 Å². The molecule has 1 aliphatic heterocycles. The summed E-state index contributed by atoms with van der Waals surface area (Å²) in [5.74, 6) is -0.424. The quantitative estimate of drug-likeness (QED) is 0.752. The second-order valence-electron chi connectivity index (χ2n) is 4.30. The first-order valence-electron chi connectivity index (χ1n) is 5.93. The van der Waals surface area contributed by atoms with Gasteiger partial charge in [0, 0.05) is 25.5 Å². The lowest BCUT2D eigenvalue weighted by atomic mass is 9.81. The van der Waals surface area contributed by atoms with Crippen molar-refractivity contribution in [3.8, 4) is 6.07 Å². The Bertz CT molecular complexity index is 432. The third-order valence-corrected chi connectivity index (χ3v) is 4.84. The first-order valence-corrected chi connectivity index (χ1v) is 7.75. The number of carbonyl (C=O) groups excluding carboxylic acids is 1. The molecule has 0 aromatic heterocycles. The van der Waals surface area contributed by atoms with E-state index in [0.29, 0.717) is 26.1 Å². The zero-order valence-corrected chi connectivity index (χ0v) is 11.3. The minimum atomic E-state index is -3.09. The normalized spacial score (nSPS) is 18.9. The molecule has 0 unspecified atom stereocenters. The fraction of sp³-hybridized carbons (Fsp3) is 0.818. The molecule has 0 spiro atoms. The minimum absolute atomic E-state index is 0.0549. The Hall–Kier alpha value is -1.13. The number of sulfone groups is 1. The van der Waals surface area contributed by atoms with Crippen LogP contribution in [0.5, 0.6) is 0 Å². The van der Waals surface area contributed by atoms with Gasteiger partial charge in [-0.05, 0) is 12.8 Å². The summed E-state index contributed by atoms with van der Waals surface area (Å²) in [6, 6.07) is 2.04. The first-order chi connectivity index (χ1) is 8.46. The summed E-state index contributed by atoms with van der Waals surface area (Å²) in [5, 5.41) is 11.7. The number of nitrogens with zero attached hydrogens (tertiary/aromatic N) is 1. The zero-order valence-electron chi connectivity index (χ0n) is 10.4. The average Bonchev–Trinajstić information content (AvgIpc) is 2.39. The van der Waals surface area contributed by atoms with Crippen LogP contribution in [0.3, 0.4) is 0 Å². The average molecular weight is 274 g/mol. The predicted molar refractivity (Wildman–Crippen MR) is 65.4 cm³/mol. The highest BCUT2D eigenvalue weighted by Crippen LogP contribution is 2.29. The zero-order chi connectivity index (χ0) is 13.6. The van der Waals surface area contributed by atoms with Crippen LogP contribution in [0.1, 0.15) is 19.8 Å². The van der Waals surface area contributed by atoms with Crippen molar-refractivity contribution in [2.45, 2.75) is 19.8 Å². The Morgan fingerprint density at radius 3 is 2.56 bits per heavy atom. The molecule has 0 atom stereocenters. The fourth-order valence-electron chi connectivity index (χ4n) is 1.74. The molecular formula is C11H18N2O4S. The number of carbonyl (C=O) groups is 1. The van der Waals surface area contributed by atoms with Crippen LogP contribution in [-0.4, -0.2) is 45.6 Å². The van der Waals surface area contributed by atoms with Crippen molar-refractivity contribution >= 4 is 15.7 Å². The topological polar surface area (TPSA) is 96.3 Å². The molecule has 1 rings (SSSR count). The summed E-state index contributed by atoms with van der Waals surface area (Å²) in [6.07, 6.45) is 0.714. The van der Waals surface area contributed by atoms with E-state index in [2.05, 4.69) is 5.32 Å². The van der Waals surface area contributed by atoms with Gasteiger partial charge in [0.05, 0.1) is 11.8 Å². The molecule has 1 heterocycles. The lowest BCUT2D eigenvalue weighted by Crippen LogP contribution is -2.45. The number of amides is 1. The molecule has 1 amide bonds. The van der Waals surface area contributed by atoms with Crippen molar-refractivity contribution in [2.75, 3.05) is 31.3 Å². The molecule has 0 saturated carbocycles. The molecule has 0 aliphatic carbocycles. The molecule has 18 heavy (non-hydrogen) atoms. The third-order valence-electron chi connectivity index (χ3n) is 3.13. The standard InChI is InChI=1S/C11H18N2O4S/c1-2-18(15,16)8-5-13-10(14)11(9-12)3-6-17-7-4-11/h2-8H2,1H3,(H,13,14). The van der Waals surface area contributed by atoms with Crippen LogP contribution >= 0.6 is 0 Å². The van der Waals surface area contributed by atoms with Crippen molar-refractivity contribution in [1.29, 1.82) is 5.26 Å². The van der Waals surface area contributed by atoms with E-state index in [0.717, 1.165) is 0 Å². The van der Waals surface area contributed by atoms with Crippen molar-refractivity contribution in [1.82, 2.24) is 5.32 Å². The third kappa shape index (κ3) is 3.68. The summed E-state index contributed by atoms with van der Waals surface area (Å²) in [5.41, 5.74) is -1.06. The SMILES string of the molecule is CCS(=O)(=O)CCNC(=O)C1(C#N)CCOCC1. The van der Waals surface area contributed by atoms with E-state index in [1.165, 1.54) is 0 Å². The highest BCUT2D eigenvalue weighted by molar-refractivity contribution is 7.91. The lowest BCUT2D eigenvalue weighted by Gasteiger charge is -2.29. The minimum Gasteiger partial charge on any atom is -0.381 e. The van der Waals surface area contributed by atoms with Crippen LogP contribution in [0.15, 0.2) is 0 Å². The summed E-state index contributed by atoms with van der Waals surface area (Å²) in [6.45, 7) is 2.38. The van der Waals surface area contributed by atoms with E-state index in [1.54, 1.807) is 6.92 Å². The van der Waals surface area contributed by atoms with E-state index in [-0.39, 0.29) is 24.0 Å². The molecule has 0 radical (unpaired) electrons. The van der Waals surface area contributed by atoms with Crippen molar-refractivity contribution in [2.24, 2.45) is 5.41 Å². The van der Waals surface area contributed by atoms with Gasteiger partial charge < -0.3 is 10.1 Å². The van der Waals surface area contributed by atoms with Crippen molar-refractivity contribution in [3.63, 3.8) is 0 Å². The second-order valence-corrected chi connectivity index (χ2v) is 6.77. The Morgan fingerprint density at radius 1 is 1.44 bits per heavy atom. The van der Waals surface area contributed by atoms with Gasteiger partial charge in [-0.2, -0.15) is 5.26 Å². The van der Waals surface area contributed by atoms with Gasteiger partial charge in [0.1, 0.15) is 5.41 Å². The van der Waals surface area contributed by atoms with Crippen molar-refractivity contribution < 1.29 is 17.9 Å². The lowest BCUT2D eigenvalue weighted by molar-refractivity contribution is -0.132. The monoisotopic (exact) mass is 274 g/mol. The summed E-state index contributed by atoms with van der Waals surface area (Å²) in [4.78, 5) is 11.9. The van der Waals surface area contributed by atoms with E-state index >= 15 is 0 Å². The van der Waals surface area contributed by atoms with E-state index in [9.17, 15) is 13.2 Å². The predicted octanol–water partition coefficient (Wildman–Crippen LogP) is -0.142. The first kappa shape index (κ1) is 14.9. The largest absolute Gasteiger partial charge is 0.381 e. The Balaban J connectivity index is 2.52. The summed E-state index contributed by atoms with van der Waals surface area (Å²) in [7, 11) is -3.09. The van der Waals surface area contributed by atoms with E-state index in [4.69, 9.17) is 10.00 Å². The van der Waals surface area contributed by atoms with Gasteiger partial charge in [0.15, 0.2) is 9.84 Å². The molecule has 0 bridgehead atoms. The maximum atomic E-state index is 11.9. The second kappa shape index (κ2) is 6.16. The van der Waals surface area contributed by atoms with Crippen LogP contribution in [0.2, 0.25) is 0 Å². The number of ether oxygens (including phenoxy) is 1. The highest BCUT2D eigenvalue weighted by Gasteiger charge is 2.40. The smallest absolute Gasteiger partial charge is 0.240 e. The molecule has 6 nitrogen and oxygen atoms in total. The molecule has 1 saturated heterocycles. The van der Waals surface area contributed by atoms with E-state index in [1.807, 2.05) is 6.07 Å². The number of hydrogen-bond acceptors (Lipinski definition) is 5. The van der Waals surface area contributed by atoms with Gasteiger partial charge in [0.25, 0.3) is 0 Å². The summed E-state index contributed by atoms with van der Waals surface area (Å²) >= 11 is 0.